The van der Waals surface area contributed by atoms with Gasteiger partial charge in [0.25, 0.3) is 0 Å². The summed E-state index contributed by atoms with van der Waals surface area (Å²) in [5.74, 6) is 2.41. The van der Waals surface area contributed by atoms with E-state index in [-0.39, 0.29) is 11.0 Å². The average Bonchev–Trinajstić information content (AvgIpc) is 3.34. The van der Waals surface area contributed by atoms with Crippen molar-refractivity contribution in [1.29, 1.82) is 5.26 Å². The molecule has 0 spiro atoms. The fraction of sp³-hybridized carbons (Fsp3) is 0.410. The average molecular weight is 617 g/mol. The maximum atomic E-state index is 14.5. The molecule has 0 unspecified atom stereocenters. The predicted octanol–water partition coefficient (Wildman–Crippen LogP) is 9.15. The summed E-state index contributed by atoms with van der Waals surface area (Å²) in [6.45, 7) is 19.1. The fourth-order valence-corrected chi connectivity index (χ4v) is 6.78. The van der Waals surface area contributed by atoms with Crippen molar-refractivity contribution in [3.63, 3.8) is 0 Å². The van der Waals surface area contributed by atoms with Gasteiger partial charge in [0.05, 0.1) is 29.2 Å². The molecule has 3 heterocycles. The number of imidazole rings is 1. The van der Waals surface area contributed by atoms with E-state index in [1.807, 2.05) is 18.2 Å². The number of hydrogen-bond acceptors (Lipinski definition) is 5. The Labute approximate surface area is 272 Å². The number of nitriles is 1. The Bertz CT molecular complexity index is 1790. The van der Waals surface area contributed by atoms with Crippen molar-refractivity contribution in [3.8, 4) is 6.07 Å². The number of nitrogens with one attached hydrogen (secondary N) is 1. The van der Waals surface area contributed by atoms with Crippen LogP contribution < -0.4 is 5.32 Å². The van der Waals surface area contributed by atoms with E-state index in [2.05, 4.69) is 73.0 Å². The first kappa shape index (κ1) is 31.7. The van der Waals surface area contributed by atoms with Crippen LogP contribution in [0.15, 0.2) is 67.8 Å². The Balaban J connectivity index is 1.12. The van der Waals surface area contributed by atoms with E-state index in [0.29, 0.717) is 23.0 Å². The number of benzene rings is 2. The van der Waals surface area contributed by atoms with E-state index < -0.39 is 5.82 Å². The van der Waals surface area contributed by atoms with Gasteiger partial charge in [-0.3, -0.25) is 4.90 Å². The van der Waals surface area contributed by atoms with Crippen LogP contribution in [-0.4, -0.2) is 32.5 Å². The largest absolute Gasteiger partial charge is 0.340 e. The first-order valence-corrected chi connectivity index (χ1v) is 16.6. The molecular weight excluding hydrogens is 571 g/mol. The fourth-order valence-electron chi connectivity index (χ4n) is 6.78. The third-order valence-electron chi connectivity index (χ3n) is 9.49. The number of piperidine rings is 1. The first-order chi connectivity index (χ1) is 22.1. The Morgan fingerprint density at radius 3 is 2.48 bits per heavy atom. The molecule has 4 aromatic rings. The van der Waals surface area contributed by atoms with Crippen molar-refractivity contribution in [1.82, 2.24) is 19.4 Å². The van der Waals surface area contributed by atoms with Crippen molar-refractivity contribution in [2.75, 3.05) is 18.4 Å². The minimum atomic E-state index is -0.479. The normalized spacial score (nSPS) is 16.2. The molecule has 7 heteroatoms. The third kappa shape index (κ3) is 7.24. The van der Waals surface area contributed by atoms with E-state index in [4.69, 9.17) is 15.2 Å². The summed E-state index contributed by atoms with van der Waals surface area (Å²) >= 11 is 0. The topological polar surface area (TPSA) is 69.8 Å². The van der Waals surface area contributed by atoms with Gasteiger partial charge in [0.15, 0.2) is 0 Å². The quantitative estimate of drug-likeness (QED) is 0.192. The number of aromatic nitrogens is 3. The molecule has 6 nitrogen and oxygen atoms in total. The van der Waals surface area contributed by atoms with Crippen molar-refractivity contribution in [2.24, 2.45) is 11.3 Å². The van der Waals surface area contributed by atoms with Crippen molar-refractivity contribution >= 4 is 28.1 Å². The summed E-state index contributed by atoms with van der Waals surface area (Å²) in [5, 5.41) is 12.2. The molecule has 0 amide bonds. The standard InChI is InChI=1S/C39H45FN6/c1-26(22-39(3,4)5)31-13-15-35-36(21-31)46(24-28-8-6-9-28)38(44-35)25-45-18-16-30(17-19-45)34-10-7-11-37(43-34)42-27(2)32-14-12-29(23-41)20-33(32)40/h7,10-15,20-21,28,30H,1-2,6,8-9,16-19,22,24-25H2,3-5H3,(H,42,43). The number of nitrogens with zero attached hydrogens (tertiary/aromatic N) is 5. The summed E-state index contributed by atoms with van der Waals surface area (Å²) in [7, 11) is 0. The second-order valence-electron chi connectivity index (χ2n) is 14.4. The second-order valence-corrected chi connectivity index (χ2v) is 14.4. The summed E-state index contributed by atoms with van der Waals surface area (Å²) in [5.41, 5.74) is 6.98. The zero-order chi connectivity index (χ0) is 32.4. The van der Waals surface area contributed by atoms with Crippen molar-refractivity contribution < 1.29 is 4.39 Å². The van der Waals surface area contributed by atoms with Crippen LogP contribution in [0, 0.1) is 28.5 Å². The monoisotopic (exact) mass is 616 g/mol. The molecular formula is C39H45FN6. The molecule has 2 fully saturated rings. The van der Waals surface area contributed by atoms with Crippen LogP contribution in [0.1, 0.15) is 93.4 Å². The van der Waals surface area contributed by atoms with Gasteiger partial charge in [-0.2, -0.15) is 5.26 Å². The number of likely N-dealkylation sites (tertiary alicyclic amines) is 1. The maximum absolute atomic E-state index is 14.5. The van der Waals surface area contributed by atoms with Crippen LogP contribution in [0.25, 0.3) is 22.3 Å². The van der Waals surface area contributed by atoms with Gasteiger partial charge in [0.2, 0.25) is 0 Å². The van der Waals surface area contributed by atoms with Gasteiger partial charge in [-0.1, -0.05) is 52.5 Å². The third-order valence-corrected chi connectivity index (χ3v) is 9.49. The zero-order valence-corrected chi connectivity index (χ0v) is 27.5. The lowest BCUT2D eigenvalue weighted by Gasteiger charge is -2.32. The van der Waals surface area contributed by atoms with Gasteiger partial charge in [-0.25, -0.2) is 14.4 Å². The molecule has 6 rings (SSSR count). The highest BCUT2D eigenvalue weighted by Gasteiger charge is 2.26. The van der Waals surface area contributed by atoms with Crippen LogP contribution in [-0.2, 0) is 13.1 Å². The Hall–Kier alpha value is -4.28. The van der Waals surface area contributed by atoms with E-state index in [0.717, 1.165) is 68.4 Å². The highest BCUT2D eigenvalue weighted by atomic mass is 19.1. The molecule has 0 radical (unpaired) electrons. The van der Waals surface area contributed by atoms with Crippen LogP contribution in [0.3, 0.4) is 0 Å². The van der Waals surface area contributed by atoms with Crippen molar-refractivity contribution in [3.05, 3.63) is 102 Å². The lowest BCUT2D eigenvalue weighted by molar-refractivity contribution is 0.193. The lowest BCUT2D eigenvalue weighted by Crippen LogP contribution is -2.34. The van der Waals surface area contributed by atoms with Crippen LogP contribution in [0.4, 0.5) is 10.2 Å². The number of rotatable bonds is 10. The Kier molecular flexibility index (Phi) is 9.11. The Morgan fingerprint density at radius 1 is 1.02 bits per heavy atom. The smallest absolute Gasteiger partial charge is 0.133 e. The molecule has 238 valence electrons. The van der Waals surface area contributed by atoms with Gasteiger partial charge in [0, 0.05) is 29.4 Å². The molecule has 0 atom stereocenters. The minimum Gasteiger partial charge on any atom is -0.340 e. The molecule has 2 aliphatic rings. The number of halogens is 1. The number of pyridine rings is 1. The Morgan fingerprint density at radius 2 is 1.80 bits per heavy atom. The van der Waals surface area contributed by atoms with E-state index >= 15 is 0 Å². The van der Waals surface area contributed by atoms with Gasteiger partial charge in [-0.15, -0.1) is 0 Å². The number of hydrogen-bond donors (Lipinski definition) is 1. The summed E-state index contributed by atoms with van der Waals surface area (Å²) < 4.78 is 17.0. The molecule has 1 saturated heterocycles. The summed E-state index contributed by atoms with van der Waals surface area (Å²) in [4.78, 5) is 12.6. The minimum absolute atomic E-state index is 0.197. The van der Waals surface area contributed by atoms with Crippen LogP contribution in [0.2, 0.25) is 0 Å². The van der Waals surface area contributed by atoms with Gasteiger partial charge >= 0.3 is 0 Å². The van der Waals surface area contributed by atoms with Crippen LogP contribution in [0.5, 0.6) is 0 Å². The van der Waals surface area contributed by atoms with E-state index in [1.54, 1.807) is 12.1 Å². The highest BCUT2D eigenvalue weighted by molar-refractivity contribution is 5.81. The van der Waals surface area contributed by atoms with E-state index in [1.165, 1.54) is 42.0 Å². The molecule has 46 heavy (non-hydrogen) atoms. The SMILES string of the molecule is C=C(CC(C)(C)C)c1ccc2nc(CN3CCC(c4cccc(NC(=C)c5ccc(C#N)cc5F)n4)CC3)n(CC3CCC3)c2c1. The number of anilines is 1. The van der Waals surface area contributed by atoms with Gasteiger partial charge in [-0.05, 0) is 110 Å². The van der Waals surface area contributed by atoms with Crippen LogP contribution >= 0.6 is 0 Å². The zero-order valence-electron chi connectivity index (χ0n) is 27.5. The molecule has 1 aliphatic carbocycles. The highest BCUT2D eigenvalue weighted by Crippen LogP contribution is 2.34. The molecule has 1 N–H and O–H groups in total. The first-order valence-electron chi connectivity index (χ1n) is 16.6. The summed E-state index contributed by atoms with van der Waals surface area (Å²) in [6.07, 6.45) is 6.94. The number of allylic oxidation sites excluding steroid dienone is 1. The molecule has 1 saturated carbocycles. The predicted molar refractivity (Wildman–Crippen MR) is 185 cm³/mol. The van der Waals surface area contributed by atoms with E-state index in [9.17, 15) is 4.39 Å². The number of fused-ring (bicyclic) bond motifs is 1. The lowest BCUT2D eigenvalue weighted by atomic mass is 9.85. The van der Waals surface area contributed by atoms with Gasteiger partial charge < -0.3 is 9.88 Å². The molecule has 1 aliphatic heterocycles. The van der Waals surface area contributed by atoms with Gasteiger partial charge in [0.1, 0.15) is 17.5 Å². The second kappa shape index (κ2) is 13.2. The maximum Gasteiger partial charge on any atom is 0.133 e. The molecule has 2 aromatic heterocycles. The van der Waals surface area contributed by atoms with Crippen molar-refractivity contribution in [2.45, 2.75) is 78.3 Å². The molecule has 2 aromatic carbocycles. The molecule has 0 bridgehead atoms. The summed E-state index contributed by atoms with van der Waals surface area (Å²) in [6, 6.07) is 19.0.